The predicted molar refractivity (Wildman–Crippen MR) is 101 cm³/mol. The molecule has 0 saturated carbocycles. The van der Waals surface area contributed by atoms with Gasteiger partial charge >= 0.3 is 0 Å². The summed E-state index contributed by atoms with van der Waals surface area (Å²) in [6, 6.07) is 13.8. The third-order valence-electron chi connectivity index (χ3n) is 3.30. The molecule has 0 unspecified atom stereocenters. The smallest absolute Gasteiger partial charge is 0.271 e. The van der Waals surface area contributed by atoms with Crippen LogP contribution in [0, 0.1) is 5.92 Å². The van der Waals surface area contributed by atoms with Gasteiger partial charge in [-0.1, -0.05) is 43.6 Å². The van der Waals surface area contributed by atoms with Crippen molar-refractivity contribution in [3.05, 3.63) is 64.7 Å². The van der Waals surface area contributed by atoms with Crippen molar-refractivity contribution in [2.45, 2.75) is 20.3 Å². The first-order valence-corrected chi connectivity index (χ1v) is 8.31. The highest BCUT2D eigenvalue weighted by molar-refractivity contribution is 6.33. The van der Waals surface area contributed by atoms with Crippen molar-refractivity contribution in [3.8, 4) is 0 Å². The van der Waals surface area contributed by atoms with Crippen molar-refractivity contribution in [2.24, 2.45) is 11.0 Å². The number of nitrogens with one attached hydrogen (secondary N) is 2. The van der Waals surface area contributed by atoms with Crippen molar-refractivity contribution in [1.82, 2.24) is 5.43 Å². The molecule has 0 aliphatic heterocycles. The summed E-state index contributed by atoms with van der Waals surface area (Å²) in [4.78, 5) is 23.8. The third kappa shape index (κ3) is 6.04. The highest BCUT2D eigenvalue weighted by atomic mass is 35.5. The second-order valence-electron chi connectivity index (χ2n) is 5.94. The molecule has 0 radical (unpaired) electrons. The molecular formula is C19H20ClN3O2. The van der Waals surface area contributed by atoms with Crippen LogP contribution in [0.1, 0.15) is 36.2 Å². The number of nitrogens with zero attached hydrogens (tertiary/aromatic N) is 1. The Labute approximate surface area is 152 Å². The van der Waals surface area contributed by atoms with Gasteiger partial charge in [0.05, 0.1) is 6.21 Å². The Kier molecular flexibility index (Phi) is 6.71. The molecule has 2 amide bonds. The van der Waals surface area contributed by atoms with Gasteiger partial charge in [-0.3, -0.25) is 9.59 Å². The topological polar surface area (TPSA) is 70.6 Å². The molecule has 0 fully saturated rings. The Balaban J connectivity index is 1.92. The molecule has 0 heterocycles. The molecule has 2 aromatic carbocycles. The minimum atomic E-state index is -0.344. The van der Waals surface area contributed by atoms with E-state index in [1.54, 1.807) is 36.4 Å². The Morgan fingerprint density at radius 3 is 2.44 bits per heavy atom. The fraction of sp³-hybridized carbons (Fsp3) is 0.211. The van der Waals surface area contributed by atoms with Gasteiger partial charge < -0.3 is 5.32 Å². The van der Waals surface area contributed by atoms with E-state index in [1.165, 1.54) is 6.21 Å². The molecule has 2 rings (SSSR count). The molecule has 0 bridgehead atoms. The summed E-state index contributed by atoms with van der Waals surface area (Å²) >= 11 is 6.01. The van der Waals surface area contributed by atoms with Crippen LogP contribution in [0.3, 0.4) is 0 Å². The number of halogens is 1. The molecule has 2 N–H and O–H groups in total. The lowest BCUT2D eigenvalue weighted by atomic mass is 10.1. The van der Waals surface area contributed by atoms with E-state index >= 15 is 0 Å². The average molecular weight is 358 g/mol. The maximum absolute atomic E-state index is 12.1. The highest BCUT2D eigenvalue weighted by Gasteiger charge is 2.07. The summed E-state index contributed by atoms with van der Waals surface area (Å²) in [7, 11) is 0. The molecule has 0 spiro atoms. The molecule has 0 aliphatic rings. The van der Waals surface area contributed by atoms with E-state index in [1.807, 2.05) is 26.0 Å². The molecule has 6 heteroatoms. The van der Waals surface area contributed by atoms with Crippen molar-refractivity contribution >= 4 is 35.3 Å². The number of hydrogen-bond acceptors (Lipinski definition) is 3. The maximum Gasteiger partial charge on any atom is 0.271 e. The molecule has 25 heavy (non-hydrogen) atoms. The van der Waals surface area contributed by atoms with Gasteiger partial charge in [0.2, 0.25) is 5.91 Å². The lowest BCUT2D eigenvalue weighted by Crippen LogP contribution is -2.18. The van der Waals surface area contributed by atoms with Crippen LogP contribution >= 0.6 is 11.6 Å². The first-order chi connectivity index (χ1) is 12.0. The van der Waals surface area contributed by atoms with Crippen LogP contribution in [0.15, 0.2) is 53.6 Å². The van der Waals surface area contributed by atoms with Crippen LogP contribution in [0.5, 0.6) is 0 Å². The fourth-order valence-corrected chi connectivity index (χ4v) is 2.28. The van der Waals surface area contributed by atoms with Gasteiger partial charge in [-0.2, -0.15) is 5.10 Å². The van der Waals surface area contributed by atoms with Gasteiger partial charge in [0.25, 0.3) is 5.91 Å². The van der Waals surface area contributed by atoms with E-state index in [0.29, 0.717) is 34.2 Å². The summed E-state index contributed by atoms with van der Waals surface area (Å²) in [6.45, 7) is 3.96. The number of rotatable bonds is 6. The van der Waals surface area contributed by atoms with Crippen LogP contribution in [0.4, 0.5) is 5.69 Å². The van der Waals surface area contributed by atoms with Gasteiger partial charge in [0.1, 0.15) is 0 Å². The number of hydrazone groups is 1. The maximum atomic E-state index is 12.1. The second-order valence-corrected chi connectivity index (χ2v) is 6.35. The minimum Gasteiger partial charge on any atom is -0.326 e. The lowest BCUT2D eigenvalue weighted by Gasteiger charge is -2.07. The summed E-state index contributed by atoms with van der Waals surface area (Å²) in [5.74, 6) is -0.0964. The Hall–Kier alpha value is -2.66. The summed E-state index contributed by atoms with van der Waals surface area (Å²) in [6.07, 6.45) is 1.94. The summed E-state index contributed by atoms with van der Waals surface area (Å²) in [5, 5.41) is 7.26. The lowest BCUT2D eigenvalue weighted by molar-refractivity contribution is -0.116. The zero-order chi connectivity index (χ0) is 18.2. The largest absolute Gasteiger partial charge is 0.326 e. The molecule has 0 aliphatic carbocycles. The predicted octanol–water partition coefficient (Wildman–Crippen LogP) is 4.09. The fourth-order valence-electron chi connectivity index (χ4n) is 2.09. The van der Waals surface area contributed by atoms with E-state index < -0.39 is 0 Å². The van der Waals surface area contributed by atoms with Crippen LogP contribution in [-0.4, -0.2) is 18.0 Å². The molecule has 2 aromatic rings. The van der Waals surface area contributed by atoms with Crippen LogP contribution in [0.25, 0.3) is 0 Å². The monoisotopic (exact) mass is 357 g/mol. The average Bonchev–Trinajstić information content (AvgIpc) is 2.56. The minimum absolute atomic E-state index is 0.0449. The van der Waals surface area contributed by atoms with Crippen molar-refractivity contribution in [1.29, 1.82) is 0 Å². The molecule has 0 saturated heterocycles. The number of hydrogen-bond donors (Lipinski definition) is 2. The summed E-state index contributed by atoms with van der Waals surface area (Å²) < 4.78 is 0. The zero-order valence-corrected chi connectivity index (χ0v) is 14.9. The van der Waals surface area contributed by atoms with Gasteiger partial charge in [0, 0.05) is 28.3 Å². The zero-order valence-electron chi connectivity index (χ0n) is 14.1. The van der Waals surface area contributed by atoms with E-state index in [-0.39, 0.29) is 11.8 Å². The SMILES string of the molecule is CC(C)CC(=O)Nc1ccc(C(=O)N/N=C/c2ccccc2Cl)cc1. The highest BCUT2D eigenvalue weighted by Crippen LogP contribution is 2.13. The Morgan fingerprint density at radius 2 is 1.80 bits per heavy atom. The van der Waals surface area contributed by atoms with Crippen LogP contribution < -0.4 is 10.7 Å². The van der Waals surface area contributed by atoms with Crippen molar-refractivity contribution in [3.63, 3.8) is 0 Å². The Bertz CT molecular complexity index is 770. The molecule has 5 nitrogen and oxygen atoms in total. The number of amides is 2. The molecule has 0 aromatic heterocycles. The molecular weight excluding hydrogens is 338 g/mol. The number of carbonyl (C=O) groups excluding carboxylic acids is 2. The third-order valence-corrected chi connectivity index (χ3v) is 3.64. The Morgan fingerprint density at radius 1 is 1.12 bits per heavy atom. The number of carbonyl (C=O) groups is 2. The van der Waals surface area contributed by atoms with Gasteiger partial charge in [-0.25, -0.2) is 5.43 Å². The first-order valence-electron chi connectivity index (χ1n) is 7.93. The van der Waals surface area contributed by atoms with E-state index in [4.69, 9.17) is 11.6 Å². The molecule has 130 valence electrons. The van der Waals surface area contributed by atoms with Gasteiger partial charge in [-0.15, -0.1) is 0 Å². The van der Waals surface area contributed by atoms with Crippen LogP contribution in [0.2, 0.25) is 5.02 Å². The quantitative estimate of drug-likeness (QED) is 0.603. The summed E-state index contributed by atoms with van der Waals surface area (Å²) in [5.41, 5.74) is 4.26. The first kappa shape index (κ1) is 18.7. The van der Waals surface area contributed by atoms with E-state index in [0.717, 1.165) is 0 Å². The number of anilines is 1. The van der Waals surface area contributed by atoms with Gasteiger partial charge in [0.15, 0.2) is 0 Å². The number of benzene rings is 2. The normalized spacial score (nSPS) is 10.9. The van der Waals surface area contributed by atoms with E-state index in [2.05, 4.69) is 15.8 Å². The van der Waals surface area contributed by atoms with Gasteiger partial charge in [-0.05, 0) is 36.2 Å². The standard InChI is InChI=1S/C19H20ClN3O2/c1-13(2)11-18(24)22-16-9-7-14(8-10-16)19(25)23-21-12-15-5-3-4-6-17(15)20/h3-10,12-13H,11H2,1-2H3,(H,22,24)(H,23,25)/b21-12+. The van der Waals surface area contributed by atoms with E-state index in [9.17, 15) is 9.59 Å². The second kappa shape index (κ2) is 8.99. The van der Waals surface area contributed by atoms with Crippen molar-refractivity contribution in [2.75, 3.05) is 5.32 Å². The van der Waals surface area contributed by atoms with Crippen LogP contribution in [-0.2, 0) is 4.79 Å². The van der Waals surface area contributed by atoms with Crippen molar-refractivity contribution < 1.29 is 9.59 Å². The molecule has 0 atom stereocenters.